The number of benzene rings is 1. The van der Waals surface area contributed by atoms with Gasteiger partial charge in [-0.1, -0.05) is 23.7 Å². The van der Waals surface area contributed by atoms with Crippen molar-refractivity contribution >= 4 is 23.2 Å². The Balaban J connectivity index is 1.89. The first-order valence-corrected chi connectivity index (χ1v) is 6.87. The van der Waals surface area contributed by atoms with Crippen LogP contribution in [0.25, 0.3) is 0 Å². The molecule has 0 bridgehead atoms. The van der Waals surface area contributed by atoms with E-state index in [1.54, 1.807) is 18.3 Å². The van der Waals surface area contributed by atoms with Crippen molar-refractivity contribution in [3.8, 4) is 0 Å². The summed E-state index contributed by atoms with van der Waals surface area (Å²) in [7, 11) is 0. The van der Waals surface area contributed by atoms with Gasteiger partial charge in [0.05, 0.1) is 23.5 Å². The topological polar surface area (TPSA) is 59.0 Å². The average Bonchev–Trinajstić information content (AvgIpc) is 2.87. The summed E-state index contributed by atoms with van der Waals surface area (Å²) in [4.78, 5) is 16.7. The van der Waals surface area contributed by atoms with E-state index in [4.69, 9.17) is 11.6 Å². The molecule has 0 fully saturated rings. The first-order valence-electron chi connectivity index (χ1n) is 6.49. The van der Waals surface area contributed by atoms with E-state index < -0.39 is 0 Å². The standard InChI is InChI=1S/C14H15ClN4O/c1-9-6-16-8-13-17-7-12(19(9)13)14(20)18-11-5-3-2-4-10(11)15/h2-5,7,9,16H,6,8H2,1H3,(H,18,20)/t9-/m1/s1. The molecular weight excluding hydrogens is 276 g/mol. The van der Waals surface area contributed by atoms with Gasteiger partial charge < -0.3 is 15.2 Å². The van der Waals surface area contributed by atoms with Crippen molar-refractivity contribution in [1.29, 1.82) is 0 Å². The van der Waals surface area contributed by atoms with E-state index in [1.165, 1.54) is 0 Å². The molecule has 0 saturated carbocycles. The molecule has 2 N–H and O–H groups in total. The largest absolute Gasteiger partial charge is 0.319 e. The first kappa shape index (κ1) is 13.1. The minimum absolute atomic E-state index is 0.189. The number of fused-ring (bicyclic) bond motifs is 1. The third-order valence-electron chi connectivity index (χ3n) is 3.39. The smallest absolute Gasteiger partial charge is 0.273 e. The minimum atomic E-state index is -0.189. The average molecular weight is 291 g/mol. The molecule has 1 amide bonds. The van der Waals surface area contributed by atoms with Crippen molar-refractivity contribution in [1.82, 2.24) is 14.9 Å². The van der Waals surface area contributed by atoms with Gasteiger partial charge >= 0.3 is 0 Å². The van der Waals surface area contributed by atoms with Crippen LogP contribution in [0.15, 0.2) is 30.5 Å². The number of hydrogen-bond donors (Lipinski definition) is 2. The van der Waals surface area contributed by atoms with Crippen LogP contribution < -0.4 is 10.6 Å². The predicted octanol–water partition coefficient (Wildman–Crippen LogP) is 2.45. The number of rotatable bonds is 2. The van der Waals surface area contributed by atoms with Gasteiger partial charge in [0.25, 0.3) is 5.91 Å². The van der Waals surface area contributed by atoms with E-state index in [0.29, 0.717) is 22.9 Å². The molecular formula is C14H15ClN4O. The number of imidazole rings is 1. The van der Waals surface area contributed by atoms with Crippen molar-refractivity contribution in [3.63, 3.8) is 0 Å². The maximum Gasteiger partial charge on any atom is 0.273 e. The Morgan fingerprint density at radius 1 is 1.50 bits per heavy atom. The van der Waals surface area contributed by atoms with Gasteiger partial charge in [0.2, 0.25) is 0 Å². The van der Waals surface area contributed by atoms with E-state index >= 15 is 0 Å². The summed E-state index contributed by atoms with van der Waals surface area (Å²) in [6.45, 7) is 3.57. The molecule has 1 aliphatic rings. The summed E-state index contributed by atoms with van der Waals surface area (Å²) in [6, 6.07) is 7.38. The fraction of sp³-hybridized carbons (Fsp3) is 0.286. The molecule has 6 heteroatoms. The van der Waals surface area contributed by atoms with Gasteiger partial charge in [0, 0.05) is 12.6 Å². The third kappa shape index (κ3) is 2.30. The third-order valence-corrected chi connectivity index (χ3v) is 3.72. The SMILES string of the molecule is C[C@@H]1CNCc2ncc(C(=O)Nc3ccccc3Cl)n21. The molecule has 0 aliphatic carbocycles. The van der Waals surface area contributed by atoms with Crippen LogP contribution in [0.5, 0.6) is 0 Å². The second-order valence-corrected chi connectivity index (χ2v) is 5.25. The molecule has 0 saturated heterocycles. The highest BCUT2D eigenvalue weighted by molar-refractivity contribution is 6.33. The second-order valence-electron chi connectivity index (χ2n) is 4.84. The summed E-state index contributed by atoms with van der Waals surface area (Å²) in [5, 5.41) is 6.62. The summed E-state index contributed by atoms with van der Waals surface area (Å²) >= 11 is 6.05. The Bertz CT molecular complexity index is 652. The molecule has 0 spiro atoms. The quantitative estimate of drug-likeness (QED) is 0.893. The number of aromatic nitrogens is 2. The maximum atomic E-state index is 12.4. The number of carbonyl (C=O) groups excluding carboxylic acids is 1. The number of amides is 1. The zero-order valence-corrected chi connectivity index (χ0v) is 11.8. The number of hydrogen-bond acceptors (Lipinski definition) is 3. The van der Waals surface area contributed by atoms with Crippen molar-refractivity contribution in [2.75, 3.05) is 11.9 Å². The molecule has 0 radical (unpaired) electrons. The first-order chi connectivity index (χ1) is 9.66. The maximum absolute atomic E-state index is 12.4. The Hall–Kier alpha value is -1.85. The van der Waals surface area contributed by atoms with Crippen LogP contribution in [0.4, 0.5) is 5.69 Å². The Kier molecular flexibility index (Phi) is 3.46. The molecule has 0 unspecified atom stereocenters. The lowest BCUT2D eigenvalue weighted by molar-refractivity contribution is 0.101. The zero-order valence-electron chi connectivity index (χ0n) is 11.1. The molecule has 2 aromatic rings. The molecule has 2 heterocycles. The predicted molar refractivity (Wildman–Crippen MR) is 78.0 cm³/mol. The van der Waals surface area contributed by atoms with Gasteiger partial charge in [0.1, 0.15) is 11.5 Å². The highest BCUT2D eigenvalue weighted by atomic mass is 35.5. The van der Waals surface area contributed by atoms with Crippen molar-refractivity contribution < 1.29 is 4.79 Å². The van der Waals surface area contributed by atoms with Crippen molar-refractivity contribution in [3.05, 3.63) is 47.0 Å². The van der Waals surface area contributed by atoms with Crippen LogP contribution in [-0.4, -0.2) is 22.0 Å². The lowest BCUT2D eigenvalue weighted by atomic mass is 10.2. The van der Waals surface area contributed by atoms with Crippen LogP contribution in [0.2, 0.25) is 5.02 Å². The van der Waals surface area contributed by atoms with Crippen molar-refractivity contribution in [2.24, 2.45) is 0 Å². The zero-order chi connectivity index (χ0) is 14.1. The van der Waals surface area contributed by atoms with Crippen LogP contribution >= 0.6 is 11.6 Å². The van der Waals surface area contributed by atoms with Gasteiger partial charge in [-0.3, -0.25) is 4.79 Å². The van der Waals surface area contributed by atoms with Gasteiger partial charge in [0.15, 0.2) is 0 Å². The van der Waals surface area contributed by atoms with Crippen LogP contribution in [0.1, 0.15) is 29.3 Å². The Morgan fingerprint density at radius 2 is 2.30 bits per heavy atom. The number of anilines is 1. The second kappa shape index (κ2) is 5.26. The number of nitrogens with zero attached hydrogens (tertiary/aromatic N) is 2. The summed E-state index contributed by atoms with van der Waals surface area (Å²) in [5.41, 5.74) is 1.17. The van der Waals surface area contributed by atoms with E-state index in [1.807, 2.05) is 16.7 Å². The molecule has 20 heavy (non-hydrogen) atoms. The normalized spacial score (nSPS) is 17.6. The Morgan fingerprint density at radius 3 is 3.10 bits per heavy atom. The highest BCUT2D eigenvalue weighted by Crippen LogP contribution is 2.23. The van der Waals surface area contributed by atoms with Gasteiger partial charge in [-0.05, 0) is 19.1 Å². The summed E-state index contributed by atoms with van der Waals surface area (Å²) in [5.74, 6) is 0.693. The van der Waals surface area contributed by atoms with Crippen molar-refractivity contribution in [2.45, 2.75) is 19.5 Å². The van der Waals surface area contributed by atoms with Crippen LogP contribution in [0, 0.1) is 0 Å². The van der Waals surface area contributed by atoms with Gasteiger partial charge in [-0.25, -0.2) is 4.98 Å². The lowest BCUT2D eigenvalue weighted by Gasteiger charge is -2.24. The molecule has 1 atom stereocenters. The fourth-order valence-electron chi connectivity index (χ4n) is 2.42. The molecule has 104 valence electrons. The highest BCUT2D eigenvalue weighted by Gasteiger charge is 2.23. The monoisotopic (exact) mass is 290 g/mol. The Labute approximate surface area is 122 Å². The minimum Gasteiger partial charge on any atom is -0.319 e. The molecule has 1 aromatic heterocycles. The molecule has 1 aliphatic heterocycles. The molecule has 1 aromatic carbocycles. The van der Waals surface area contributed by atoms with E-state index in [9.17, 15) is 4.79 Å². The van der Waals surface area contributed by atoms with E-state index in [2.05, 4.69) is 22.5 Å². The number of halogens is 1. The van der Waals surface area contributed by atoms with Gasteiger partial charge in [-0.2, -0.15) is 0 Å². The van der Waals surface area contributed by atoms with Gasteiger partial charge in [-0.15, -0.1) is 0 Å². The fourth-order valence-corrected chi connectivity index (χ4v) is 2.61. The van der Waals surface area contributed by atoms with E-state index in [0.717, 1.165) is 12.4 Å². The van der Waals surface area contributed by atoms with E-state index in [-0.39, 0.29) is 11.9 Å². The molecule has 3 rings (SSSR count). The number of carbonyl (C=O) groups is 1. The van der Waals surface area contributed by atoms with Crippen LogP contribution in [0.3, 0.4) is 0 Å². The number of para-hydroxylation sites is 1. The summed E-state index contributed by atoms with van der Waals surface area (Å²) < 4.78 is 1.97. The van der Waals surface area contributed by atoms with Crippen LogP contribution in [-0.2, 0) is 6.54 Å². The molecule has 5 nitrogen and oxygen atoms in total. The number of nitrogens with one attached hydrogen (secondary N) is 2. The lowest BCUT2D eigenvalue weighted by Crippen LogP contribution is -2.33. The summed E-state index contributed by atoms with van der Waals surface area (Å²) in [6.07, 6.45) is 1.62.